The fourth-order valence-corrected chi connectivity index (χ4v) is 3.94. The van der Waals surface area contributed by atoms with Gasteiger partial charge >= 0.3 is 0 Å². The summed E-state index contributed by atoms with van der Waals surface area (Å²) < 4.78 is 0. The number of fused-ring (bicyclic) bond motifs is 1. The van der Waals surface area contributed by atoms with Gasteiger partial charge in [-0.15, -0.1) is 0 Å². The maximum Gasteiger partial charge on any atom is 0.0415 e. The summed E-state index contributed by atoms with van der Waals surface area (Å²) in [6.07, 6.45) is 1.17. The van der Waals surface area contributed by atoms with Crippen molar-refractivity contribution in [3.8, 4) is 0 Å². The second-order valence-corrected chi connectivity index (χ2v) is 7.15. The van der Waals surface area contributed by atoms with Crippen LogP contribution in [0, 0.1) is 0 Å². The van der Waals surface area contributed by atoms with Crippen LogP contribution in [0.5, 0.6) is 0 Å². The first-order valence-corrected chi connectivity index (χ1v) is 9.10. The first-order valence-electron chi connectivity index (χ1n) is 9.10. The van der Waals surface area contributed by atoms with Gasteiger partial charge in [0.2, 0.25) is 0 Å². The molecule has 2 aliphatic heterocycles. The molecule has 0 atom stereocenters. The third kappa shape index (κ3) is 3.33. The fourth-order valence-electron chi connectivity index (χ4n) is 3.94. The summed E-state index contributed by atoms with van der Waals surface area (Å²) in [5, 5.41) is 0. The lowest BCUT2D eigenvalue weighted by molar-refractivity contribution is 0.245. The largest absolute Gasteiger partial charge is 0.369 e. The van der Waals surface area contributed by atoms with Gasteiger partial charge in [-0.05, 0) is 36.2 Å². The Labute approximate surface area is 145 Å². The van der Waals surface area contributed by atoms with Crippen molar-refractivity contribution in [2.45, 2.75) is 19.5 Å². The van der Waals surface area contributed by atoms with Crippen LogP contribution < -0.4 is 4.90 Å². The molecule has 0 unspecified atom stereocenters. The van der Waals surface area contributed by atoms with Gasteiger partial charge in [0.1, 0.15) is 0 Å². The van der Waals surface area contributed by atoms with Crippen LogP contribution >= 0.6 is 0 Å². The quantitative estimate of drug-likeness (QED) is 0.860. The molecular formula is C21H27N3. The lowest BCUT2D eigenvalue weighted by atomic mass is 9.96. The minimum atomic E-state index is 1.05. The van der Waals surface area contributed by atoms with E-state index in [0.29, 0.717) is 0 Å². The van der Waals surface area contributed by atoms with E-state index in [-0.39, 0.29) is 0 Å². The van der Waals surface area contributed by atoms with Gasteiger partial charge in [-0.1, -0.05) is 42.5 Å². The third-order valence-corrected chi connectivity index (χ3v) is 5.42. The molecule has 0 spiro atoms. The van der Waals surface area contributed by atoms with Gasteiger partial charge in [0.25, 0.3) is 0 Å². The molecule has 126 valence electrons. The van der Waals surface area contributed by atoms with Gasteiger partial charge in [-0.25, -0.2) is 0 Å². The van der Waals surface area contributed by atoms with E-state index in [1.165, 1.54) is 17.7 Å². The van der Waals surface area contributed by atoms with E-state index in [9.17, 15) is 0 Å². The molecule has 2 aromatic carbocycles. The molecule has 2 aliphatic rings. The number of hydrogen-bond donors (Lipinski definition) is 0. The van der Waals surface area contributed by atoms with Gasteiger partial charge in [0, 0.05) is 51.5 Å². The van der Waals surface area contributed by atoms with Gasteiger partial charge in [0.15, 0.2) is 0 Å². The number of rotatable bonds is 3. The van der Waals surface area contributed by atoms with Crippen LogP contribution in [0.25, 0.3) is 0 Å². The number of anilines is 1. The summed E-state index contributed by atoms with van der Waals surface area (Å²) in [6.45, 7) is 7.91. The first-order chi connectivity index (χ1) is 11.8. The van der Waals surface area contributed by atoms with Gasteiger partial charge in [-0.3, -0.25) is 4.90 Å². The van der Waals surface area contributed by atoms with Crippen molar-refractivity contribution < 1.29 is 0 Å². The molecule has 0 amide bonds. The Bertz CT molecular complexity index is 675. The van der Waals surface area contributed by atoms with Crippen LogP contribution in [-0.2, 0) is 19.5 Å². The topological polar surface area (TPSA) is 9.72 Å². The third-order valence-electron chi connectivity index (χ3n) is 5.42. The average Bonchev–Trinajstić information content (AvgIpc) is 2.63. The van der Waals surface area contributed by atoms with Crippen molar-refractivity contribution >= 4 is 5.69 Å². The minimum absolute atomic E-state index is 1.05. The number of piperazine rings is 1. The molecule has 2 aromatic rings. The van der Waals surface area contributed by atoms with Crippen LogP contribution in [0.15, 0.2) is 48.5 Å². The molecule has 0 bridgehead atoms. The normalized spacial score (nSPS) is 19.3. The van der Waals surface area contributed by atoms with Crippen molar-refractivity contribution in [3.05, 3.63) is 65.2 Å². The van der Waals surface area contributed by atoms with E-state index >= 15 is 0 Å². The SMILES string of the molecule is CN1CCN(c2cccc3c2CN(Cc2ccccc2)CC3)CC1. The molecule has 0 N–H and O–H groups in total. The van der Waals surface area contributed by atoms with Crippen LogP contribution in [-0.4, -0.2) is 49.6 Å². The van der Waals surface area contributed by atoms with Crippen LogP contribution in [0.3, 0.4) is 0 Å². The predicted molar refractivity (Wildman–Crippen MR) is 100 cm³/mol. The number of benzene rings is 2. The van der Waals surface area contributed by atoms with E-state index in [1.807, 2.05) is 0 Å². The van der Waals surface area contributed by atoms with E-state index in [2.05, 4.69) is 70.3 Å². The Balaban J connectivity index is 1.53. The van der Waals surface area contributed by atoms with E-state index < -0.39 is 0 Å². The van der Waals surface area contributed by atoms with Crippen molar-refractivity contribution in [1.29, 1.82) is 0 Å². The monoisotopic (exact) mass is 321 g/mol. The van der Waals surface area contributed by atoms with Crippen molar-refractivity contribution in [2.24, 2.45) is 0 Å². The second kappa shape index (κ2) is 6.96. The summed E-state index contributed by atoms with van der Waals surface area (Å²) in [4.78, 5) is 7.61. The van der Waals surface area contributed by atoms with E-state index in [1.54, 1.807) is 11.1 Å². The molecule has 2 heterocycles. The van der Waals surface area contributed by atoms with Crippen molar-refractivity contribution in [2.75, 3.05) is 44.7 Å². The first kappa shape index (κ1) is 15.7. The summed E-state index contributed by atoms with van der Waals surface area (Å²) in [7, 11) is 2.22. The highest BCUT2D eigenvalue weighted by atomic mass is 15.3. The molecule has 3 heteroatoms. The standard InChI is InChI=1S/C21H27N3/c1-22-12-14-24(15-13-22)21-9-5-8-19-10-11-23(17-20(19)21)16-18-6-3-2-4-7-18/h2-9H,10-17H2,1H3. The fraction of sp³-hybridized carbons (Fsp3) is 0.429. The molecule has 0 saturated carbocycles. The minimum Gasteiger partial charge on any atom is -0.369 e. The molecule has 1 fully saturated rings. The highest BCUT2D eigenvalue weighted by Gasteiger charge is 2.23. The zero-order valence-electron chi connectivity index (χ0n) is 14.6. The lowest BCUT2D eigenvalue weighted by Crippen LogP contribution is -2.45. The zero-order valence-corrected chi connectivity index (χ0v) is 14.6. The summed E-state index contributed by atoms with van der Waals surface area (Å²) in [5.41, 5.74) is 6.00. The molecule has 0 aliphatic carbocycles. The van der Waals surface area contributed by atoms with Gasteiger partial charge < -0.3 is 9.80 Å². The molecule has 0 aromatic heterocycles. The Hall–Kier alpha value is -1.84. The predicted octanol–water partition coefficient (Wildman–Crippen LogP) is 3.00. The number of likely N-dealkylation sites (N-methyl/N-ethyl adjacent to an activating group) is 1. The zero-order chi connectivity index (χ0) is 16.4. The molecule has 4 rings (SSSR count). The number of nitrogens with zero attached hydrogens (tertiary/aromatic N) is 3. The average molecular weight is 321 g/mol. The molecule has 1 saturated heterocycles. The van der Waals surface area contributed by atoms with Gasteiger partial charge in [-0.2, -0.15) is 0 Å². The van der Waals surface area contributed by atoms with Crippen LogP contribution in [0.4, 0.5) is 5.69 Å². The Morgan fingerprint density at radius 1 is 0.833 bits per heavy atom. The Morgan fingerprint density at radius 3 is 2.42 bits per heavy atom. The highest BCUT2D eigenvalue weighted by Crippen LogP contribution is 2.30. The number of hydrogen-bond acceptors (Lipinski definition) is 3. The van der Waals surface area contributed by atoms with Crippen molar-refractivity contribution in [1.82, 2.24) is 9.80 Å². The summed E-state index contributed by atoms with van der Waals surface area (Å²) in [6, 6.07) is 17.8. The van der Waals surface area contributed by atoms with Crippen LogP contribution in [0.1, 0.15) is 16.7 Å². The van der Waals surface area contributed by atoms with E-state index in [4.69, 9.17) is 0 Å². The molecule has 24 heavy (non-hydrogen) atoms. The summed E-state index contributed by atoms with van der Waals surface area (Å²) in [5.74, 6) is 0. The lowest BCUT2D eigenvalue weighted by Gasteiger charge is -2.38. The van der Waals surface area contributed by atoms with E-state index in [0.717, 1.165) is 45.8 Å². The smallest absolute Gasteiger partial charge is 0.0415 e. The maximum absolute atomic E-state index is 2.59. The van der Waals surface area contributed by atoms with Crippen molar-refractivity contribution in [3.63, 3.8) is 0 Å². The molecular weight excluding hydrogens is 294 g/mol. The molecule has 0 radical (unpaired) electrons. The molecule has 3 nitrogen and oxygen atoms in total. The Morgan fingerprint density at radius 2 is 1.62 bits per heavy atom. The maximum atomic E-state index is 2.59. The second-order valence-electron chi connectivity index (χ2n) is 7.15. The summed E-state index contributed by atoms with van der Waals surface area (Å²) >= 11 is 0. The van der Waals surface area contributed by atoms with Crippen LogP contribution in [0.2, 0.25) is 0 Å². The van der Waals surface area contributed by atoms with Gasteiger partial charge in [0.05, 0.1) is 0 Å². The highest BCUT2D eigenvalue weighted by molar-refractivity contribution is 5.58. The Kier molecular flexibility index (Phi) is 4.54.